The Morgan fingerprint density at radius 1 is 0.700 bits per heavy atom. The summed E-state index contributed by atoms with van der Waals surface area (Å²) in [5.41, 5.74) is -1.03. The second-order valence-corrected chi connectivity index (χ2v) is 12.0. The molecule has 0 amide bonds. The first-order valence-electron chi connectivity index (χ1n) is 15.3. The number of hydrogen-bond donors (Lipinski definition) is 11. The lowest BCUT2D eigenvalue weighted by Crippen LogP contribution is -2.64. The minimum Gasteiger partial charge on any atom is -0.508 e. The molecule has 3 saturated heterocycles. The van der Waals surface area contributed by atoms with Crippen molar-refractivity contribution in [2.75, 3.05) is 19.8 Å². The topological polar surface area (TPSA) is 308 Å². The molecule has 13 atom stereocenters. The van der Waals surface area contributed by atoms with Crippen LogP contribution in [0.5, 0.6) is 23.0 Å². The first-order valence-corrected chi connectivity index (χ1v) is 15.3. The number of ether oxygens (including phenoxy) is 6. The van der Waals surface area contributed by atoms with Gasteiger partial charge in [0.1, 0.15) is 83.2 Å². The molecule has 0 radical (unpaired) electrons. The van der Waals surface area contributed by atoms with Crippen LogP contribution in [-0.4, -0.2) is 156 Å². The second kappa shape index (κ2) is 14.5. The Labute approximate surface area is 280 Å². The number of benzene rings is 2. The summed E-state index contributed by atoms with van der Waals surface area (Å²) in [7, 11) is 0. The quantitative estimate of drug-likeness (QED) is 0.109. The SMILES string of the molecule is O=c1c(OC2OCC(O)C(O)C2OC2OCC(O)C(O)C2OC2OC(CO)C(O)C(O)C2O)c(-c2ccc(O)cc2)oc2cc(O)cc(O)c12. The fourth-order valence-corrected chi connectivity index (χ4v) is 5.82. The highest BCUT2D eigenvalue weighted by Crippen LogP contribution is 2.38. The molecule has 50 heavy (non-hydrogen) atoms. The van der Waals surface area contributed by atoms with Crippen LogP contribution in [0.3, 0.4) is 0 Å². The van der Waals surface area contributed by atoms with E-state index in [1.54, 1.807) is 0 Å². The summed E-state index contributed by atoms with van der Waals surface area (Å²) in [6, 6.07) is 7.26. The third-order valence-corrected chi connectivity index (χ3v) is 8.57. The highest BCUT2D eigenvalue weighted by atomic mass is 16.8. The van der Waals surface area contributed by atoms with E-state index >= 15 is 0 Å². The predicted molar refractivity (Wildman–Crippen MR) is 161 cm³/mol. The molecule has 0 aliphatic carbocycles. The number of phenols is 3. The van der Waals surface area contributed by atoms with Gasteiger partial charge in [0.25, 0.3) is 0 Å². The number of aliphatic hydroxyl groups excluding tert-OH is 8. The largest absolute Gasteiger partial charge is 0.508 e. The van der Waals surface area contributed by atoms with Crippen LogP contribution >= 0.6 is 0 Å². The Morgan fingerprint density at radius 3 is 1.94 bits per heavy atom. The summed E-state index contributed by atoms with van der Waals surface area (Å²) in [5.74, 6) is -2.09. The van der Waals surface area contributed by atoms with Gasteiger partial charge in [-0.3, -0.25) is 4.79 Å². The molecule has 19 heteroatoms. The Kier molecular flexibility index (Phi) is 10.5. The van der Waals surface area contributed by atoms with E-state index in [0.717, 1.165) is 12.1 Å². The number of fused-ring (bicyclic) bond motifs is 1. The highest BCUT2D eigenvalue weighted by Gasteiger charge is 2.51. The van der Waals surface area contributed by atoms with E-state index in [4.69, 9.17) is 32.8 Å². The lowest BCUT2D eigenvalue weighted by Gasteiger charge is -2.46. The van der Waals surface area contributed by atoms with Crippen molar-refractivity contribution in [3.05, 3.63) is 46.6 Å². The highest BCUT2D eigenvalue weighted by molar-refractivity contribution is 5.88. The Hall–Kier alpha value is -3.67. The van der Waals surface area contributed by atoms with Crippen molar-refractivity contribution < 1.29 is 89.0 Å². The maximum Gasteiger partial charge on any atom is 0.239 e. The Bertz CT molecular complexity index is 1700. The van der Waals surface area contributed by atoms with Gasteiger partial charge in [-0.05, 0) is 24.3 Å². The number of rotatable bonds is 8. The lowest BCUT2D eigenvalue weighted by atomic mass is 9.98. The summed E-state index contributed by atoms with van der Waals surface area (Å²) in [4.78, 5) is 13.8. The molecule has 0 spiro atoms. The van der Waals surface area contributed by atoms with Crippen molar-refractivity contribution >= 4 is 11.0 Å². The van der Waals surface area contributed by atoms with Gasteiger partial charge >= 0.3 is 0 Å². The van der Waals surface area contributed by atoms with Crippen LogP contribution in [0.25, 0.3) is 22.3 Å². The van der Waals surface area contributed by atoms with Crippen LogP contribution < -0.4 is 10.2 Å². The monoisotopic (exact) mass is 712 g/mol. The van der Waals surface area contributed by atoms with Gasteiger partial charge in [0, 0.05) is 17.7 Å². The standard InChI is InChI=1S/C31H36O19/c32-7-17-21(40)23(42)24(43)29(47-17)49-27-19(38)14(36)9-45-31(27)50-28-20(39)15(37)8-44-30(28)48-26-22(41)18-13(35)5-12(34)6-16(18)46-25(26)10-1-3-11(33)4-2-10/h1-6,14-15,17,19-21,23-24,27-40,42-43H,7-9H2. The smallest absolute Gasteiger partial charge is 0.239 e. The van der Waals surface area contributed by atoms with Crippen molar-refractivity contribution in [2.45, 2.75) is 79.9 Å². The number of aromatic hydroxyl groups is 3. The van der Waals surface area contributed by atoms with E-state index in [0.29, 0.717) is 0 Å². The molecule has 19 nitrogen and oxygen atoms in total. The predicted octanol–water partition coefficient (Wildman–Crippen LogP) is -3.32. The van der Waals surface area contributed by atoms with Crippen LogP contribution in [0.2, 0.25) is 0 Å². The zero-order chi connectivity index (χ0) is 36.0. The summed E-state index contributed by atoms with van der Waals surface area (Å²) >= 11 is 0. The normalized spacial score (nSPS) is 36.4. The van der Waals surface area contributed by atoms with E-state index < -0.39 is 128 Å². The van der Waals surface area contributed by atoms with Crippen LogP contribution in [0, 0.1) is 0 Å². The summed E-state index contributed by atoms with van der Waals surface area (Å²) in [6.07, 6.45) is -22.7. The zero-order valence-corrected chi connectivity index (χ0v) is 25.8. The maximum absolute atomic E-state index is 13.8. The molecule has 0 saturated carbocycles. The molecule has 11 N–H and O–H groups in total. The van der Waals surface area contributed by atoms with Crippen LogP contribution in [0.1, 0.15) is 0 Å². The first kappa shape index (κ1) is 36.1. The van der Waals surface area contributed by atoms with Gasteiger partial charge in [-0.15, -0.1) is 0 Å². The minimum atomic E-state index is -1.93. The van der Waals surface area contributed by atoms with Gasteiger partial charge in [0.2, 0.25) is 17.5 Å². The van der Waals surface area contributed by atoms with Crippen molar-refractivity contribution in [2.24, 2.45) is 0 Å². The van der Waals surface area contributed by atoms with Crippen molar-refractivity contribution in [1.82, 2.24) is 0 Å². The van der Waals surface area contributed by atoms with E-state index in [1.807, 2.05) is 0 Å². The third-order valence-electron chi connectivity index (χ3n) is 8.57. The van der Waals surface area contributed by atoms with E-state index in [9.17, 15) is 61.0 Å². The van der Waals surface area contributed by atoms with E-state index in [-0.39, 0.29) is 22.7 Å². The van der Waals surface area contributed by atoms with E-state index in [2.05, 4.69) is 0 Å². The van der Waals surface area contributed by atoms with Gasteiger partial charge in [0.05, 0.1) is 19.8 Å². The Balaban J connectivity index is 1.34. The molecule has 2 aromatic carbocycles. The molecule has 274 valence electrons. The fraction of sp³-hybridized carbons (Fsp3) is 0.516. The van der Waals surface area contributed by atoms with Crippen molar-refractivity contribution in [3.63, 3.8) is 0 Å². The maximum atomic E-state index is 13.8. The lowest BCUT2D eigenvalue weighted by molar-refractivity contribution is -0.374. The molecule has 6 rings (SSSR count). The van der Waals surface area contributed by atoms with Crippen LogP contribution in [0.4, 0.5) is 0 Å². The van der Waals surface area contributed by atoms with Crippen molar-refractivity contribution in [3.8, 4) is 34.3 Å². The molecule has 0 bridgehead atoms. The molecule has 3 aliphatic heterocycles. The fourth-order valence-electron chi connectivity index (χ4n) is 5.82. The average Bonchev–Trinajstić information content (AvgIpc) is 3.08. The summed E-state index contributed by atoms with van der Waals surface area (Å²) in [6.45, 7) is -1.90. The second-order valence-electron chi connectivity index (χ2n) is 12.0. The van der Waals surface area contributed by atoms with Gasteiger partial charge in [0.15, 0.2) is 24.4 Å². The number of aliphatic hydroxyl groups is 8. The van der Waals surface area contributed by atoms with Gasteiger partial charge in [-0.1, -0.05) is 0 Å². The number of phenolic OH excluding ortho intramolecular Hbond substituents is 3. The van der Waals surface area contributed by atoms with Gasteiger partial charge < -0.3 is 89.0 Å². The average molecular weight is 713 g/mol. The van der Waals surface area contributed by atoms with Crippen LogP contribution in [0.15, 0.2) is 45.6 Å². The van der Waals surface area contributed by atoms with Crippen LogP contribution in [-0.2, 0) is 23.7 Å². The first-order chi connectivity index (χ1) is 23.8. The van der Waals surface area contributed by atoms with Gasteiger partial charge in [-0.25, -0.2) is 0 Å². The molecular formula is C31H36O19. The zero-order valence-electron chi connectivity index (χ0n) is 25.8. The molecule has 4 heterocycles. The third kappa shape index (κ3) is 6.84. The molecule has 3 aliphatic rings. The molecule has 13 unspecified atom stereocenters. The minimum absolute atomic E-state index is 0.129. The summed E-state index contributed by atoms with van der Waals surface area (Å²) in [5, 5.41) is 113. The van der Waals surface area contributed by atoms with Crippen molar-refractivity contribution in [1.29, 1.82) is 0 Å². The van der Waals surface area contributed by atoms with E-state index in [1.165, 1.54) is 24.3 Å². The van der Waals surface area contributed by atoms with Gasteiger partial charge in [-0.2, -0.15) is 0 Å². The summed E-state index contributed by atoms with van der Waals surface area (Å²) < 4.78 is 39.9. The molecular weight excluding hydrogens is 676 g/mol. The number of hydrogen-bond acceptors (Lipinski definition) is 19. The Morgan fingerprint density at radius 2 is 1.30 bits per heavy atom. The molecule has 3 aromatic rings. The molecule has 3 fully saturated rings. The molecule has 1 aromatic heterocycles.